The molecule has 9 heteroatoms. The number of aliphatic hydroxyl groups is 1. The van der Waals surface area contributed by atoms with E-state index in [1.807, 2.05) is 48.8 Å². The minimum absolute atomic E-state index is 0.0369. The summed E-state index contributed by atoms with van der Waals surface area (Å²) in [6.45, 7) is 2.81. The highest BCUT2D eigenvalue weighted by Gasteiger charge is 2.35. The number of likely N-dealkylation sites (tertiary alicyclic amines) is 1. The monoisotopic (exact) mass is 475 g/mol. The first-order chi connectivity index (χ1) is 15.0. The van der Waals surface area contributed by atoms with Gasteiger partial charge in [-0.25, -0.2) is 4.98 Å². The predicted octanol–water partition coefficient (Wildman–Crippen LogP) is 4.15. The van der Waals surface area contributed by atoms with Crippen LogP contribution in [-0.2, 0) is 10.8 Å². The molecule has 0 spiro atoms. The molecule has 3 aromatic rings. The van der Waals surface area contributed by atoms with Crippen molar-refractivity contribution in [2.75, 3.05) is 29.3 Å². The molecule has 2 aromatic carbocycles. The first kappa shape index (κ1) is 22.3. The maximum absolute atomic E-state index is 12.8. The van der Waals surface area contributed by atoms with Crippen LogP contribution in [0.3, 0.4) is 0 Å². The van der Waals surface area contributed by atoms with Gasteiger partial charge in [-0.2, -0.15) is 0 Å². The molecule has 0 bridgehead atoms. The van der Waals surface area contributed by atoms with Crippen LogP contribution in [0.25, 0.3) is 10.2 Å². The van der Waals surface area contributed by atoms with E-state index in [1.165, 1.54) is 11.9 Å². The van der Waals surface area contributed by atoms with Gasteiger partial charge in [-0.3, -0.25) is 9.00 Å². The summed E-state index contributed by atoms with van der Waals surface area (Å²) in [5.74, 6) is 0.797. The number of benzene rings is 2. The molecule has 1 saturated heterocycles. The van der Waals surface area contributed by atoms with Crippen molar-refractivity contribution in [1.29, 1.82) is 0 Å². The standard InChI is InChI=1S/C22H25N3O3S3/c1-2-31(28)14-22(27)10-12-25(13-11-22)21(26)16-6-8-17(9-7-16)24-30-19-5-3-4-18-20(19)23-15-29-18/h3-9,15,24,27H,2,10-14H2,1H3. The topological polar surface area (TPSA) is 82.5 Å². The van der Waals surface area contributed by atoms with Gasteiger partial charge in [-0.1, -0.05) is 13.0 Å². The summed E-state index contributed by atoms with van der Waals surface area (Å²) in [7, 11) is -1.01. The van der Waals surface area contributed by atoms with E-state index in [4.69, 9.17) is 0 Å². The number of thiazole rings is 1. The molecule has 164 valence electrons. The van der Waals surface area contributed by atoms with Gasteiger partial charge in [0.15, 0.2) is 0 Å². The number of rotatable bonds is 7. The van der Waals surface area contributed by atoms with E-state index < -0.39 is 16.4 Å². The van der Waals surface area contributed by atoms with Crippen LogP contribution in [0.1, 0.15) is 30.1 Å². The zero-order valence-corrected chi connectivity index (χ0v) is 19.7. The van der Waals surface area contributed by atoms with Crippen LogP contribution in [0.4, 0.5) is 5.69 Å². The second-order valence-electron chi connectivity index (χ2n) is 7.63. The first-order valence-electron chi connectivity index (χ1n) is 10.2. The number of piperidine rings is 1. The van der Waals surface area contributed by atoms with E-state index in [2.05, 4.69) is 15.8 Å². The van der Waals surface area contributed by atoms with Crippen molar-refractivity contribution < 1.29 is 14.1 Å². The van der Waals surface area contributed by atoms with Gasteiger partial charge in [0.05, 0.1) is 32.0 Å². The second kappa shape index (κ2) is 9.68. The Morgan fingerprint density at radius 1 is 1.26 bits per heavy atom. The zero-order chi connectivity index (χ0) is 21.8. The highest BCUT2D eigenvalue weighted by Crippen LogP contribution is 2.30. The molecule has 4 rings (SSSR count). The van der Waals surface area contributed by atoms with E-state index in [1.54, 1.807) is 16.2 Å². The van der Waals surface area contributed by atoms with Crippen molar-refractivity contribution in [1.82, 2.24) is 9.88 Å². The minimum atomic E-state index is -1.01. The number of carbonyl (C=O) groups excluding carboxylic acids is 1. The third-order valence-corrected chi connectivity index (χ3v) is 8.65. The number of fused-ring (bicyclic) bond motifs is 1. The number of para-hydroxylation sites is 1. The average Bonchev–Trinajstić information content (AvgIpc) is 3.27. The lowest BCUT2D eigenvalue weighted by Crippen LogP contribution is -2.49. The van der Waals surface area contributed by atoms with E-state index in [0.29, 0.717) is 37.2 Å². The number of carbonyl (C=O) groups is 1. The van der Waals surface area contributed by atoms with Crippen LogP contribution >= 0.6 is 23.3 Å². The maximum Gasteiger partial charge on any atom is 0.253 e. The Morgan fingerprint density at radius 2 is 2.00 bits per heavy atom. The van der Waals surface area contributed by atoms with Gasteiger partial charge in [0.2, 0.25) is 0 Å². The Labute approximate surface area is 192 Å². The lowest BCUT2D eigenvalue weighted by atomic mass is 9.93. The lowest BCUT2D eigenvalue weighted by Gasteiger charge is -2.38. The Hall–Kier alpha value is -1.94. The quantitative estimate of drug-likeness (QED) is 0.500. The number of amides is 1. The van der Waals surface area contributed by atoms with Crippen molar-refractivity contribution in [3.63, 3.8) is 0 Å². The summed E-state index contributed by atoms with van der Waals surface area (Å²) >= 11 is 3.12. The van der Waals surface area contributed by atoms with Crippen molar-refractivity contribution in [3.05, 3.63) is 53.5 Å². The second-order valence-corrected chi connectivity index (χ2v) is 11.1. The molecular weight excluding hydrogens is 450 g/mol. The summed E-state index contributed by atoms with van der Waals surface area (Å²) in [5.41, 5.74) is 3.44. The van der Waals surface area contributed by atoms with Crippen LogP contribution in [-0.4, -0.2) is 55.3 Å². The predicted molar refractivity (Wildman–Crippen MR) is 129 cm³/mol. The summed E-state index contributed by atoms with van der Waals surface area (Å²) in [5, 5.41) is 10.6. The average molecular weight is 476 g/mol. The van der Waals surface area contributed by atoms with Crippen LogP contribution in [0.5, 0.6) is 0 Å². The molecular formula is C22H25N3O3S3. The third-order valence-electron chi connectivity index (χ3n) is 5.47. The van der Waals surface area contributed by atoms with Crippen molar-refractivity contribution >= 4 is 55.9 Å². The van der Waals surface area contributed by atoms with Gasteiger partial charge < -0.3 is 14.7 Å². The van der Waals surface area contributed by atoms with Gasteiger partial charge in [0.25, 0.3) is 5.91 Å². The molecule has 0 saturated carbocycles. The molecule has 2 heterocycles. The number of nitrogens with one attached hydrogen (secondary N) is 1. The highest BCUT2D eigenvalue weighted by molar-refractivity contribution is 8.00. The fourth-order valence-electron chi connectivity index (χ4n) is 3.59. The molecule has 0 aliphatic carbocycles. The van der Waals surface area contributed by atoms with Gasteiger partial charge in [-0.05, 0) is 61.2 Å². The smallest absolute Gasteiger partial charge is 0.253 e. The Bertz CT molecular complexity index is 1080. The first-order valence-corrected chi connectivity index (χ1v) is 13.4. The van der Waals surface area contributed by atoms with E-state index in [-0.39, 0.29) is 11.7 Å². The minimum Gasteiger partial charge on any atom is -0.389 e. The van der Waals surface area contributed by atoms with Crippen LogP contribution in [0, 0.1) is 0 Å². The van der Waals surface area contributed by atoms with Gasteiger partial charge in [0.1, 0.15) is 0 Å². The SMILES string of the molecule is CCS(=O)CC1(O)CCN(C(=O)c2ccc(NSc3cccc4scnc34)cc2)CC1. The largest absolute Gasteiger partial charge is 0.389 e. The number of aromatic nitrogens is 1. The van der Waals surface area contributed by atoms with Crippen LogP contribution in [0.15, 0.2) is 52.9 Å². The number of hydrogen-bond donors (Lipinski definition) is 2. The molecule has 6 nitrogen and oxygen atoms in total. The summed E-state index contributed by atoms with van der Waals surface area (Å²) in [4.78, 5) is 20.1. The van der Waals surface area contributed by atoms with Crippen molar-refractivity contribution in [3.8, 4) is 0 Å². The number of anilines is 1. The zero-order valence-electron chi connectivity index (χ0n) is 17.2. The highest BCUT2D eigenvalue weighted by atomic mass is 32.2. The molecule has 1 aromatic heterocycles. The Morgan fingerprint density at radius 3 is 2.71 bits per heavy atom. The van der Waals surface area contributed by atoms with Gasteiger partial charge in [0, 0.05) is 40.9 Å². The number of nitrogens with zero attached hydrogens (tertiary/aromatic N) is 2. The summed E-state index contributed by atoms with van der Waals surface area (Å²) in [6.07, 6.45) is 0.922. The molecule has 1 fully saturated rings. The molecule has 1 atom stereocenters. The lowest BCUT2D eigenvalue weighted by molar-refractivity contribution is 0.00106. The molecule has 1 aliphatic heterocycles. The number of hydrogen-bond acceptors (Lipinski definition) is 7. The maximum atomic E-state index is 12.8. The summed E-state index contributed by atoms with van der Waals surface area (Å²) < 4.78 is 16.3. The van der Waals surface area contributed by atoms with E-state index in [0.717, 1.165) is 20.8 Å². The van der Waals surface area contributed by atoms with Crippen LogP contribution in [0.2, 0.25) is 0 Å². The van der Waals surface area contributed by atoms with Gasteiger partial charge >= 0.3 is 0 Å². The van der Waals surface area contributed by atoms with Crippen molar-refractivity contribution in [2.24, 2.45) is 0 Å². The third kappa shape index (κ3) is 5.28. The normalized spacial score (nSPS) is 16.9. The van der Waals surface area contributed by atoms with E-state index >= 15 is 0 Å². The molecule has 2 N–H and O–H groups in total. The Balaban J connectivity index is 1.33. The molecule has 1 aliphatic rings. The van der Waals surface area contributed by atoms with Gasteiger partial charge in [-0.15, -0.1) is 11.3 Å². The fraction of sp³-hybridized carbons (Fsp3) is 0.364. The Kier molecular flexibility index (Phi) is 6.95. The van der Waals surface area contributed by atoms with Crippen LogP contribution < -0.4 is 4.72 Å². The molecule has 1 unspecified atom stereocenters. The molecule has 0 radical (unpaired) electrons. The van der Waals surface area contributed by atoms with Crippen molar-refractivity contribution in [2.45, 2.75) is 30.3 Å². The molecule has 1 amide bonds. The summed E-state index contributed by atoms with van der Waals surface area (Å²) in [6, 6.07) is 13.5. The molecule has 31 heavy (non-hydrogen) atoms. The fourth-order valence-corrected chi connectivity index (χ4v) is 6.22. The van der Waals surface area contributed by atoms with E-state index in [9.17, 15) is 14.1 Å².